The summed E-state index contributed by atoms with van der Waals surface area (Å²) in [5.41, 5.74) is -1.53. The zero-order chi connectivity index (χ0) is 14.5. The second-order valence-corrected chi connectivity index (χ2v) is 4.53. The van der Waals surface area contributed by atoms with Gasteiger partial charge in [-0.25, -0.2) is 0 Å². The molecule has 110 valence electrons. The van der Waals surface area contributed by atoms with Crippen LogP contribution < -0.4 is 5.32 Å². The van der Waals surface area contributed by atoms with Crippen LogP contribution >= 0.6 is 0 Å². The molecule has 7 heteroatoms. The number of hydrogen-bond acceptors (Lipinski definition) is 3. The first-order valence-corrected chi connectivity index (χ1v) is 6.02. The first kappa shape index (κ1) is 16.0. The van der Waals surface area contributed by atoms with Crippen LogP contribution in [0.15, 0.2) is 11.6 Å². The Labute approximate surface area is 109 Å². The van der Waals surface area contributed by atoms with E-state index in [2.05, 4.69) is 5.32 Å². The van der Waals surface area contributed by atoms with Crippen molar-refractivity contribution >= 4 is 5.91 Å². The van der Waals surface area contributed by atoms with Gasteiger partial charge >= 0.3 is 6.18 Å². The van der Waals surface area contributed by atoms with E-state index < -0.39 is 23.2 Å². The minimum absolute atomic E-state index is 0.296. The van der Waals surface area contributed by atoms with Crippen LogP contribution in [0.4, 0.5) is 13.2 Å². The Morgan fingerprint density at radius 3 is 2.53 bits per heavy atom. The van der Waals surface area contributed by atoms with Gasteiger partial charge in [-0.1, -0.05) is 0 Å². The van der Waals surface area contributed by atoms with E-state index in [0.717, 1.165) is 6.92 Å². The molecule has 1 heterocycles. The SMILES string of the molecule is CCOCCC1(NC(=O)C=C(C)C(F)(F)F)COC1. The number of ether oxygens (including phenoxy) is 2. The summed E-state index contributed by atoms with van der Waals surface area (Å²) in [5, 5.41) is 2.57. The molecule has 0 aromatic heterocycles. The highest BCUT2D eigenvalue weighted by atomic mass is 19.4. The number of rotatable bonds is 6. The maximum absolute atomic E-state index is 12.3. The van der Waals surface area contributed by atoms with Crippen molar-refractivity contribution < 1.29 is 27.4 Å². The molecule has 19 heavy (non-hydrogen) atoms. The van der Waals surface area contributed by atoms with Gasteiger partial charge < -0.3 is 14.8 Å². The highest BCUT2D eigenvalue weighted by molar-refractivity contribution is 5.89. The summed E-state index contributed by atoms with van der Waals surface area (Å²) in [6.45, 7) is 4.29. The molecule has 1 amide bonds. The molecule has 0 aromatic carbocycles. The Morgan fingerprint density at radius 1 is 1.47 bits per heavy atom. The second-order valence-electron chi connectivity index (χ2n) is 4.53. The molecule has 0 saturated carbocycles. The van der Waals surface area contributed by atoms with E-state index in [0.29, 0.717) is 38.9 Å². The van der Waals surface area contributed by atoms with E-state index in [4.69, 9.17) is 9.47 Å². The lowest BCUT2D eigenvalue weighted by molar-refractivity contribution is -0.131. The molecule has 1 aliphatic rings. The number of carbonyl (C=O) groups excluding carboxylic acids is 1. The Hall–Kier alpha value is -1.08. The Balaban J connectivity index is 2.54. The molecule has 0 aromatic rings. The van der Waals surface area contributed by atoms with Gasteiger partial charge in [-0.2, -0.15) is 13.2 Å². The van der Waals surface area contributed by atoms with Crippen molar-refractivity contribution in [3.05, 3.63) is 11.6 Å². The van der Waals surface area contributed by atoms with Crippen molar-refractivity contribution in [1.82, 2.24) is 5.32 Å². The molecule has 1 N–H and O–H groups in total. The Kier molecular flexibility index (Phi) is 5.37. The van der Waals surface area contributed by atoms with Gasteiger partial charge in [0.1, 0.15) is 0 Å². The molecular weight excluding hydrogens is 263 g/mol. The van der Waals surface area contributed by atoms with Crippen molar-refractivity contribution in [1.29, 1.82) is 0 Å². The largest absolute Gasteiger partial charge is 0.412 e. The molecular formula is C12H18F3NO3. The molecule has 4 nitrogen and oxygen atoms in total. The van der Waals surface area contributed by atoms with Crippen LogP contribution in [0.1, 0.15) is 20.3 Å². The Morgan fingerprint density at radius 2 is 2.11 bits per heavy atom. The lowest BCUT2D eigenvalue weighted by atomic mass is 9.93. The van der Waals surface area contributed by atoms with Gasteiger partial charge in [-0.3, -0.25) is 4.79 Å². The number of alkyl halides is 3. The van der Waals surface area contributed by atoms with E-state index >= 15 is 0 Å². The van der Waals surface area contributed by atoms with Crippen molar-refractivity contribution in [2.45, 2.75) is 32.0 Å². The minimum atomic E-state index is -4.48. The first-order valence-electron chi connectivity index (χ1n) is 6.02. The van der Waals surface area contributed by atoms with Gasteiger partial charge in [0.2, 0.25) is 5.91 Å². The third-order valence-electron chi connectivity index (χ3n) is 2.87. The van der Waals surface area contributed by atoms with Crippen LogP contribution in [-0.4, -0.2) is 44.0 Å². The fourth-order valence-electron chi connectivity index (χ4n) is 1.62. The molecule has 1 saturated heterocycles. The minimum Gasteiger partial charge on any atom is -0.382 e. The van der Waals surface area contributed by atoms with Crippen LogP contribution in [0.3, 0.4) is 0 Å². The Bertz CT molecular complexity index is 349. The number of hydrogen-bond donors (Lipinski definition) is 1. The second kappa shape index (κ2) is 6.38. The predicted octanol–water partition coefficient (Wildman–Crippen LogP) is 1.81. The highest BCUT2D eigenvalue weighted by Crippen LogP contribution is 2.25. The van der Waals surface area contributed by atoms with Crippen molar-refractivity contribution in [2.75, 3.05) is 26.4 Å². The molecule has 1 rings (SSSR count). The number of allylic oxidation sites excluding steroid dienone is 1. The number of carbonyl (C=O) groups is 1. The van der Waals surface area contributed by atoms with Crippen LogP contribution in [0.5, 0.6) is 0 Å². The smallest absolute Gasteiger partial charge is 0.382 e. The average Bonchev–Trinajstić information content (AvgIpc) is 2.24. The van der Waals surface area contributed by atoms with Gasteiger partial charge in [0.25, 0.3) is 0 Å². The zero-order valence-corrected chi connectivity index (χ0v) is 11.0. The maximum atomic E-state index is 12.3. The lowest BCUT2D eigenvalue weighted by Crippen LogP contribution is -2.62. The van der Waals surface area contributed by atoms with E-state index in [9.17, 15) is 18.0 Å². The molecule has 0 spiro atoms. The number of nitrogens with one attached hydrogen (secondary N) is 1. The molecule has 0 bridgehead atoms. The molecule has 0 aliphatic carbocycles. The van der Waals surface area contributed by atoms with Gasteiger partial charge in [-0.05, 0) is 20.3 Å². The summed E-state index contributed by atoms with van der Waals surface area (Å²) in [6, 6.07) is 0. The van der Waals surface area contributed by atoms with Gasteiger partial charge in [-0.15, -0.1) is 0 Å². The quantitative estimate of drug-likeness (QED) is 0.596. The summed E-state index contributed by atoms with van der Waals surface area (Å²) >= 11 is 0. The van der Waals surface area contributed by atoms with Crippen molar-refractivity contribution in [2.24, 2.45) is 0 Å². The summed E-state index contributed by atoms with van der Waals surface area (Å²) in [7, 11) is 0. The van der Waals surface area contributed by atoms with E-state index in [-0.39, 0.29) is 0 Å². The van der Waals surface area contributed by atoms with Crippen molar-refractivity contribution in [3.63, 3.8) is 0 Å². The monoisotopic (exact) mass is 281 g/mol. The van der Waals surface area contributed by atoms with Crippen molar-refractivity contribution in [3.8, 4) is 0 Å². The summed E-state index contributed by atoms with van der Waals surface area (Å²) in [6.07, 6.45) is -3.39. The number of amides is 1. The van der Waals surface area contributed by atoms with Gasteiger partial charge in [0, 0.05) is 24.9 Å². The van der Waals surface area contributed by atoms with Crippen LogP contribution in [0, 0.1) is 0 Å². The average molecular weight is 281 g/mol. The standard InChI is InChI=1S/C12H18F3NO3/c1-3-18-5-4-11(7-19-8-11)16-10(17)6-9(2)12(13,14)15/h6H,3-5,7-8H2,1-2H3,(H,16,17). The van der Waals surface area contributed by atoms with Crippen LogP contribution in [0.25, 0.3) is 0 Å². The maximum Gasteiger partial charge on any atom is 0.412 e. The highest BCUT2D eigenvalue weighted by Gasteiger charge is 2.40. The summed E-state index contributed by atoms with van der Waals surface area (Å²) in [5.74, 6) is -0.755. The van der Waals surface area contributed by atoms with E-state index in [1.807, 2.05) is 6.92 Å². The lowest BCUT2D eigenvalue weighted by Gasteiger charge is -2.41. The molecule has 0 unspecified atom stereocenters. The predicted molar refractivity (Wildman–Crippen MR) is 62.6 cm³/mol. The third kappa shape index (κ3) is 4.83. The van der Waals surface area contributed by atoms with Crippen LogP contribution in [0.2, 0.25) is 0 Å². The summed E-state index contributed by atoms with van der Waals surface area (Å²) in [4.78, 5) is 11.6. The molecule has 0 atom stereocenters. The molecule has 1 fully saturated rings. The molecule has 0 radical (unpaired) electrons. The van der Waals surface area contributed by atoms with E-state index in [1.165, 1.54) is 0 Å². The van der Waals surface area contributed by atoms with Gasteiger partial charge in [0.15, 0.2) is 0 Å². The first-order chi connectivity index (χ1) is 8.79. The van der Waals surface area contributed by atoms with E-state index in [1.54, 1.807) is 0 Å². The summed E-state index contributed by atoms with van der Waals surface area (Å²) < 4.78 is 47.1. The zero-order valence-electron chi connectivity index (χ0n) is 11.0. The third-order valence-corrected chi connectivity index (χ3v) is 2.87. The van der Waals surface area contributed by atoms with Crippen LogP contribution in [-0.2, 0) is 14.3 Å². The fourth-order valence-corrected chi connectivity index (χ4v) is 1.62. The number of halogens is 3. The van der Waals surface area contributed by atoms with Gasteiger partial charge in [0.05, 0.1) is 18.8 Å². The molecule has 1 aliphatic heterocycles. The normalized spacial score (nSPS) is 18.9. The fraction of sp³-hybridized carbons (Fsp3) is 0.750. The topological polar surface area (TPSA) is 47.6 Å².